The molecule has 0 fully saturated rings. The minimum atomic E-state index is -0.260. The van der Waals surface area contributed by atoms with Gasteiger partial charge in [0.1, 0.15) is 5.82 Å². The Bertz CT molecular complexity index is 562. The summed E-state index contributed by atoms with van der Waals surface area (Å²) in [5.41, 5.74) is 10.3. The number of nitrogens with two attached hydrogens (primary N) is 1. The molecule has 0 saturated heterocycles. The molecule has 2 rings (SSSR count). The van der Waals surface area contributed by atoms with Crippen molar-refractivity contribution in [2.75, 3.05) is 5.73 Å². The van der Waals surface area contributed by atoms with Crippen LogP contribution in [0.15, 0.2) is 12.1 Å². The summed E-state index contributed by atoms with van der Waals surface area (Å²) >= 11 is 0. The molecular weight excluding hydrogens is 203 g/mol. The fourth-order valence-corrected chi connectivity index (χ4v) is 2.13. The highest BCUT2D eigenvalue weighted by Gasteiger charge is 2.11. The standard InChI is InChI=1S/C13H15FN2/c1-4-10-8(3)16-13-7(2)5-9(14)6-11(13)12(10)15/h5-6H,4H2,1-3H3,(H2,15,16). The van der Waals surface area contributed by atoms with Crippen molar-refractivity contribution in [2.45, 2.75) is 27.2 Å². The van der Waals surface area contributed by atoms with E-state index in [0.29, 0.717) is 5.69 Å². The highest BCUT2D eigenvalue weighted by molar-refractivity contribution is 5.94. The topological polar surface area (TPSA) is 38.9 Å². The molecule has 84 valence electrons. The lowest BCUT2D eigenvalue weighted by Gasteiger charge is -2.12. The monoisotopic (exact) mass is 218 g/mol. The lowest BCUT2D eigenvalue weighted by Crippen LogP contribution is -2.02. The zero-order valence-electron chi connectivity index (χ0n) is 9.76. The number of hydrogen-bond donors (Lipinski definition) is 1. The zero-order valence-corrected chi connectivity index (χ0v) is 9.76. The van der Waals surface area contributed by atoms with Crippen molar-refractivity contribution in [2.24, 2.45) is 0 Å². The number of aromatic nitrogens is 1. The van der Waals surface area contributed by atoms with Crippen LogP contribution in [0, 0.1) is 19.7 Å². The summed E-state index contributed by atoms with van der Waals surface area (Å²) in [4.78, 5) is 4.50. The Morgan fingerprint density at radius 2 is 2.00 bits per heavy atom. The van der Waals surface area contributed by atoms with Crippen molar-refractivity contribution >= 4 is 16.6 Å². The van der Waals surface area contributed by atoms with E-state index in [-0.39, 0.29) is 5.82 Å². The smallest absolute Gasteiger partial charge is 0.124 e. The number of benzene rings is 1. The zero-order chi connectivity index (χ0) is 11.9. The number of fused-ring (bicyclic) bond motifs is 1. The summed E-state index contributed by atoms with van der Waals surface area (Å²) in [6.45, 7) is 5.82. The third-order valence-corrected chi connectivity index (χ3v) is 2.95. The average molecular weight is 218 g/mol. The van der Waals surface area contributed by atoms with Crippen LogP contribution in [-0.4, -0.2) is 4.98 Å². The van der Waals surface area contributed by atoms with Crippen LogP contribution in [-0.2, 0) is 6.42 Å². The van der Waals surface area contributed by atoms with E-state index in [2.05, 4.69) is 4.98 Å². The van der Waals surface area contributed by atoms with E-state index in [1.165, 1.54) is 12.1 Å². The second-order valence-corrected chi connectivity index (χ2v) is 4.06. The van der Waals surface area contributed by atoms with Gasteiger partial charge < -0.3 is 5.73 Å². The van der Waals surface area contributed by atoms with Gasteiger partial charge >= 0.3 is 0 Å². The van der Waals surface area contributed by atoms with Crippen LogP contribution in [0.1, 0.15) is 23.7 Å². The summed E-state index contributed by atoms with van der Waals surface area (Å²) in [6, 6.07) is 2.95. The minimum absolute atomic E-state index is 0.260. The van der Waals surface area contributed by atoms with E-state index in [1.807, 2.05) is 20.8 Å². The first-order valence-corrected chi connectivity index (χ1v) is 5.39. The van der Waals surface area contributed by atoms with Crippen LogP contribution in [0.25, 0.3) is 10.9 Å². The molecule has 0 aliphatic heterocycles. The number of pyridine rings is 1. The minimum Gasteiger partial charge on any atom is -0.398 e. The number of hydrogen-bond acceptors (Lipinski definition) is 2. The number of anilines is 1. The first-order valence-electron chi connectivity index (χ1n) is 5.39. The number of nitrogen functional groups attached to an aromatic ring is 1. The lowest BCUT2D eigenvalue weighted by atomic mass is 10.0. The van der Waals surface area contributed by atoms with Crippen molar-refractivity contribution in [1.29, 1.82) is 0 Å². The Labute approximate surface area is 94.3 Å². The van der Waals surface area contributed by atoms with Gasteiger partial charge in [0.25, 0.3) is 0 Å². The summed E-state index contributed by atoms with van der Waals surface area (Å²) < 4.78 is 13.3. The first-order chi connectivity index (χ1) is 7.54. The normalized spacial score (nSPS) is 11.0. The molecular formula is C13H15FN2. The third kappa shape index (κ3) is 1.52. The van der Waals surface area contributed by atoms with Gasteiger partial charge in [-0.3, -0.25) is 4.98 Å². The predicted molar refractivity (Wildman–Crippen MR) is 65.0 cm³/mol. The molecule has 0 bridgehead atoms. The van der Waals surface area contributed by atoms with Crippen molar-refractivity contribution in [3.05, 3.63) is 34.8 Å². The van der Waals surface area contributed by atoms with Gasteiger partial charge in [-0.1, -0.05) is 6.92 Å². The molecule has 0 atom stereocenters. The molecule has 0 unspecified atom stereocenters. The van der Waals surface area contributed by atoms with Crippen LogP contribution in [0.2, 0.25) is 0 Å². The fourth-order valence-electron chi connectivity index (χ4n) is 2.13. The fraction of sp³-hybridized carbons (Fsp3) is 0.308. The number of aryl methyl sites for hydroxylation is 2. The van der Waals surface area contributed by atoms with Crippen LogP contribution >= 0.6 is 0 Å². The summed E-state index contributed by atoms with van der Waals surface area (Å²) in [5.74, 6) is -0.260. The molecule has 0 saturated carbocycles. The Kier molecular flexibility index (Phi) is 2.54. The van der Waals surface area contributed by atoms with Gasteiger partial charge in [0, 0.05) is 16.8 Å². The molecule has 1 aromatic carbocycles. The van der Waals surface area contributed by atoms with Gasteiger partial charge in [0.2, 0.25) is 0 Å². The number of nitrogens with zero attached hydrogens (tertiary/aromatic N) is 1. The largest absolute Gasteiger partial charge is 0.398 e. The van der Waals surface area contributed by atoms with Crippen molar-refractivity contribution in [3.63, 3.8) is 0 Å². The summed E-state index contributed by atoms with van der Waals surface area (Å²) in [5, 5.41) is 0.722. The van der Waals surface area contributed by atoms with Crippen LogP contribution in [0.3, 0.4) is 0 Å². The molecule has 2 aromatic rings. The van der Waals surface area contributed by atoms with E-state index in [1.54, 1.807) is 0 Å². The van der Waals surface area contributed by atoms with E-state index < -0.39 is 0 Å². The maximum absolute atomic E-state index is 13.3. The van der Waals surface area contributed by atoms with Gasteiger partial charge in [0.15, 0.2) is 0 Å². The third-order valence-electron chi connectivity index (χ3n) is 2.95. The Hall–Kier alpha value is -1.64. The molecule has 2 N–H and O–H groups in total. The van der Waals surface area contributed by atoms with Crippen LogP contribution < -0.4 is 5.73 Å². The van der Waals surface area contributed by atoms with E-state index in [4.69, 9.17) is 5.73 Å². The molecule has 3 heteroatoms. The van der Waals surface area contributed by atoms with E-state index in [9.17, 15) is 4.39 Å². The Morgan fingerprint density at radius 1 is 1.31 bits per heavy atom. The van der Waals surface area contributed by atoms with Gasteiger partial charge in [-0.05, 0) is 43.5 Å². The van der Waals surface area contributed by atoms with Crippen molar-refractivity contribution in [1.82, 2.24) is 4.98 Å². The van der Waals surface area contributed by atoms with Gasteiger partial charge in [-0.2, -0.15) is 0 Å². The Balaban J connectivity index is 2.93. The molecule has 16 heavy (non-hydrogen) atoms. The second-order valence-electron chi connectivity index (χ2n) is 4.06. The first kappa shape index (κ1) is 10.9. The molecule has 0 aliphatic rings. The van der Waals surface area contributed by atoms with Gasteiger partial charge in [-0.15, -0.1) is 0 Å². The average Bonchev–Trinajstić information content (AvgIpc) is 2.21. The maximum Gasteiger partial charge on any atom is 0.124 e. The molecule has 1 aromatic heterocycles. The number of rotatable bonds is 1. The molecule has 0 radical (unpaired) electrons. The van der Waals surface area contributed by atoms with E-state index >= 15 is 0 Å². The SMILES string of the molecule is CCc1c(C)nc2c(C)cc(F)cc2c1N. The quantitative estimate of drug-likeness (QED) is 0.798. The second kappa shape index (κ2) is 3.74. The van der Waals surface area contributed by atoms with Gasteiger partial charge in [-0.25, -0.2) is 4.39 Å². The highest BCUT2D eigenvalue weighted by Crippen LogP contribution is 2.28. The summed E-state index contributed by atoms with van der Waals surface area (Å²) in [6.07, 6.45) is 0.816. The maximum atomic E-state index is 13.3. The summed E-state index contributed by atoms with van der Waals surface area (Å²) in [7, 11) is 0. The Morgan fingerprint density at radius 3 is 2.62 bits per heavy atom. The predicted octanol–water partition coefficient (Wildman–Crippen LogP) is 3.14. The van der Waals surface area contributed by atoms with Crippen LogP contribution in [0.5, 0.6) is 0 Å². The van der Waals surface area contributed by atoms with Gasteiger partial charge in [0.05, 0.1) is 5.52 Å². The van der Waals surface area contributed by atoms with Crippen LogP contribution in [0.4, 0.5) is 10.1 Å². The molecule has 0 aliphatic carbocycles. The van der Waals surface area contributed by atoms with Crippen molar-refractivity contribution < 1.29 is 4.39 Å². The molecule has 0 amide bonds. The number of halogens is 1. The molecule has 0 spiro atoms. The van der Waals surface area contributed by atoms with Crippen molar-refractivity contribution in [3.8, 4) is 0 Å². The van der Waals surface area contributed by atoms with E-state index in [0.717, 1.165) is 34.1 Å². The highest BCUT2D eigenvalue weighted by atomic mass is 19.1. The lowest BCUT2D eigenvalue weighted by molar-refractivity contribution is 0.628. The molecule has 1 heterocycles. The molecule has 2 nitrogen and oxygen atoms in total.